The molecule has 0 radical (unpaired) electrons. The van der Waals surface area contributed by atoms with E-state index < -0.39 is 0 Å². The number of carbonyl (C=O) groups is 2. The molecule has 20 heavy (non-hydrogen) atoms. The Kier molecular flexibility index (Phi) is 5.40. The maximum Gasteiger partial charge on any atom is 0.236 e. The van der Waals surface area contributed by atoms with Gasteiger partial charge >= 0.3 is 0 Å². The number of nitrogens with one attached hydrogen (secondary N) is 2. The maximum atomic E-state index is 10.7. The van der Waals surface area contributed by atoms with Gasteiger partial charge < -0.3 is 5.11 Å². The molecule has 0 bridgehead atoms. The van der Waals surface area contributed by atoms with Crippen LogP contribution < -0.4 is 10.9 Å². The molecule has 0 heterocycles. The monoisotopic (exact) mass is 276 g/mol. The highest BCUT2D eigenvalue weighted by molar-refractivity contribution is 5.93. The van der Waals surface area contributed by atoms with Crippen molar-refractivity contribution >= 4 is 24.2 Å². The minimum atomic E-state index is -0.305. The molecule has 0 aliphatic heterocycles. The molecule has 1 rings (SSSR count). The zero-order valence-corrected chi connectivity index (χ0v) is 11.5. The summed E-state index contributed by atoms with van der Waals surface area (Å²) >= 11 is 0. The van der Waals surface area contributed by atoms with Crippen LogP contribution in [0.1, 0.15) is 30.5 Å². The molecule has 0 atom stereocenters. The van der Waals surface area contributed by atoms with Crippen molar-refractivity contribution in [2.45, 2.75) is 20.8 Å². The van der Waals surface area contributed by atoms with E-state index in [0.717, 1.165) is 5.56 Å². The Morgan fingerprint density at radius 2 is 1.45 bits per heavy atom. The van der Waals surface area contributed by atoms with E-state index in [1.165, 1.54) is 26.3 Å². The summed E-state index contributed by atoms with van der Waals surface area (Å²) in [4.78, 5) is 21.4. The minimum Gasteiger partial charge on any atom is -0.507 e. The van der Waals surface area contributed by atoms with Crippen LogP contribution in [-0.2, 0) is 9.59 Å². The summed E-state index contributed by atoms with van der Waals surface area (Å²) in [5.74, 6) is -0.652. The van der Waals surface area contributed by atoms with Crippen LogP contribution in [0.5, 0.6) is 5.75 Å². The van der Waals surface area contributed by atoms with E-state index >= 15 is 0 Å². The lowest BCUT2D eigenvalue weighted by Gasteiger charge is -2.05. The van der Waals surface area contributed by atoms with Crippen molar-refractivity contribution in [3.8, 4) is 5.75 Å². The first-order chi connectivity index (χ1) is 9.40. The number of hydrogen-bond donors (Lipinski definition) is 3. The number of aromatic hydroxyl groups is 1. The van der Waals surface area contributed by atoms with Crippen LogP contribution in [0.25, 0.3) is 0 Å². The quantitative estimate of drug-likeness (QED) is 0.555. The molecule has 3 N–H and O–H groups in total. The lowest BCUT2D eigenvalue weighted by molar-refractivity contribution is -0.119. The van der Waals surface area contributed by atoms with Crippen LogP contribution in [0.2, 0.25) is 0 Å². The van der Waals surface area contributed by atoms with Gasteiger partial charge in [0.05, 0.1) is 12.4 Å². The predicted octanol–water partition coefficient (Wildman–Crippen LogP) is 0.641. The van der Waals surface area contributed by atoms with Crippen molar-refractivity contribution in [1.29, 1.82) is 0 Å². The number of rotatable bonds is 4. The molecule has 106 valence electrons. The van der Waals surface area contributed by atoms with Crippen molar-refractivity contribution in [2.24, 2.45) is 10.2 Å². The minimum absolute atomic E-state index is 0.0428. The molecule has 0 aliphatic rings. The van der Waals surface area contributed by atoms with Crippen molar-refractivity contribution in [3.63, 3.8) is 0 Å². The van der Waals surface area contributed by atoms with E-state index in [1.807, 2.05) is 6.92 Å². The van der Waals surface area contributed by atoms with Crippen LogP contribution in [0.3, 0.4) is 0 Å². The summed E-state index contributed by atoms with van der Waals surface area (Å²) in [6.45, 7) is 4.50. The van der Waals surface area contributed by atoms with E-state index in [9.17, 15) is 14.7 Å². The van der Waals surface area contributed by atoms with Gasteiger partial charge in [-0.25, -0.2) is 10.9 Å². The van der Waals surface area contributed by atoms with Crippen molar-refractivity contribution in [3.05, 3.63) is 28.8 Å². The Balaban J connectivity index is 3.00. The molecule has 0 aliphatic carbocycles. The number of carbonyl (C=O) groups excluding carboxylic acids is 2. The Labute approximate surface area is 116 Å². The third-order valence-corrected chi connectivity index (χ3v) is 2.16. The highest BCUT2D eigenvalue weighted by Gasteiger charge is 2.05. The Morgan fingerprint density at radius 1 is 1.05 bits per heavy atom. The zero-order valence-electron chi connectivity index (χ0n) is 11.5. The molecule has 0 aromatic heterocycles. The smallest absolute Gasteiger partial charge is 0.236 e. The van der Waals surface area contributed by atoms with E-state index in [4.69, 9.17) is 0 Å². The number of amides is 2. The molecule has 0 saturated carbocycles. The third kappa shape index (κ3) is 4.89. The molecule has 2 amide bonds. The third-order valence-electron chi connectivity index (χ3n) is 2.16. The van der Waals surface area contributed by atoms with Gasteiger partial charge in [-0.1, -0.05) is 0 Å². The number of nitrogens with zero attached hydrogens (tertiary/aromatic N) is 2. The number of phenolic OH excluding ortho intramolecular Hbond substituents is 1. The lowest BCUT2D eigenvalue weighted by Crippen LogP contribution is -2.13. The van der Waals surface area contributed by atoms with Gasteiger partial charge in [0, 0.05) is 25.0 Å². The lowest BCUT2D eigenvalue weighted by atomic mass is 10.1. The second kappa shape index (κ2) is 7.03. The fraction of sp³-hybridized carbons (Fsp3) is 0.231. The summed E-state index contributed by atoms with van der Waals surface area (Å²) in [7, 11) is 0. The van der Waals surface area contributed by atoms with Gasteiger partial charge in [0.1, 0.15) is 5.75 Å². The Bertz CT molecular complexity index is 532. The zero-order chi connectivity index (χ0) is 15.1. The first kappa shape index (κ1) is 15.4. The van der Waals surface area contributed by atoms with Crippen LogP contribution in [-0.4, -0.2) is 29.4 Å². The normalized spacial score (nSPS) is 10.9. The number of aryl methyl sites for hydroxylation is 1. The summed E-state index contributed by atoms with van der Waals surface area (Å²) in [5, 5.41) is 17.4. The van der Waals surface area contributed by atoms with Crippen LogP contribution >= 0.6 is 0 Å². The molecule has 0 unspecified atom stereocenters. The average molecular weight is 276 g/mol. The SMILES string of the molecule is CC(=O)N/N=C/c1cc(C)cc(/C=N/NC(C)=O)c1O. The molecule has 1 aromatic rings. The highest BCUT2D eigenvalue weighted by atomic mass is 16.3. The second-order valence-corrected chi connectivity index (χ2v) is 4.14. The van der Waals surface area contributed by atoms with Crippen molar-refractivity contribution in [1.82, 2.24) is 10.9 Å². The molecule has 0 fully saturated rings. The summed E-state index contributed by atoms with van der Waals surface area (Å²) in [5.41, 5.74) is 6.23. The predicted molar refractivity (Wildman–Crippen MR) is 75.7 cm³/mol. The second-order valence-electron chi connectivity index (χ2n) is 4.14. The van der Waals surface area contributed by atoms with Gasteiger partial charge in [-0.05, 0) is 24.6 Å². The maximum absolute atomic E-state index is 10.7. The highest BCUT2D eigenvalue weighted by Crippen LogP contribution is 2.21. The standard InChI is InChI=1S/C13H16N4O3/c1-8-4-11(6-14-16-9(2)18)13(20)12(5-8)7-15-17-10(3)19/h4-7,20H,1-3H3,(H,16,18)(H,17,19)/b14-6+,15-7+. The van der Waals surface area contributed by atoms with Gasteiger partial charge in [0.15, 0.2) is 0 Å². The van der Waals surface area contributed by atoms with E-state index in [0.29, 0.717) is 11.1 Å². The molecule has 1 aromatic carbocycles. The topological polar surface area (TPSA) is 103 Å². The molecule has 0 saturated heterocycles. The number of phenols is 1. The Hall–Kier alpha value is -2.70. The van der Waals surface area contributed by atoms with Gasteiger partial charge in [-0.3, -0.25) is 9.59 Å². The molecule has 7 heteroatoms. The van der Waals surface area contributed by atoms with Crippen molar-refractivity contribution < 1.29 is 14.7 Å². The molecular weight excluding hydrogens is 260 g/mol. The molecule has 7 nitrogen and oxygen atoms in total. The van der Waals surface area contributed by atoms with Crippen LogP contribution in [0, 0.1) is 6.92 Å². The largest absolute Gasteiger partial charge is 0.507 e. The summed E-state index contributed by atoms with van der Waals surface area (Å²) in [6, 6.07) is 3.41. The fourth-order valence-corrected chi connectivity index (χ4v) is 1.42. The number of hydrogen-bond acceptors (Lipinski definition) is 5. The van der Waals surface area contributed by atoms with Crippen LogP contribution in [0.4, 0.5) is 0 Å². The van der Waals surface area contributed by atoms with Gasteiger partial charge in [-0.2, -0.15) is 10.2 Å². The van der Waals surface area contributed by atoms with Crippen molar-refractivity contribution in [2.75, 3.05) is 0 Å². The number of benzene rings is 1. The van der Waals surface area contributed by atoms with Gasteiger partial charge in [0.25, 0.3) is 0 Å². The summed E-state index contributed by atoms with van der Waals surface area (Å²) in [6.07, 6.45) is 2.67. The molecule has 0 spiro atoms. The average Bonchev–Trinajstić information content (AvgIpc) is 2.33. The van der Waals surface area contributed by atoms with E-state index in [1.54, 1.807) is 12.1 Å². The molecular formula is C13H16N4O3. The Morgan fingerprint density at radius 3 is 1.80 bits per heavy atom. The number of hydrazone groups is 2. The van der Waals surface area contributed by atoms with Crippen LogP contribution in [0.15, 0.2) is 22.3 Å². The van der Waals surface area contributed by atoms with E-state index in [2.05, 4.69) is 21.1 Å². The van der Waals surface area contributed by atoms with Gasteiger partial charge in [-0.15, -0.1) is 0 Å². The fourth-order valence-electron chi connectivity index (χ4n) is 1.42. The first-order valence-electron chi connectivity index (χ1n) is 5.83. The van der Waals surface area contributed by atoms with E-state index in [-0.39, 0.29) is 17.6 Å². The summed E-state index contributed by atoms with van der Waals surface area (Å²) < 4.78 is 0. The van der Waals surface area contributed by atoms with Gasteiger partial charge in [0.2, 0.25) is 11.8 Å². The first-order valence-corrected chi connectivity index (χ1v) is 5.83.